The van der Waals surface area contributed by atoms with Crippen molar-refractivity contribution in [2.75, 3.05) is 16.8 Å². The molecule has 0 fully saturated rings. The number of nitrogens with one attached hydrogen (secondary N) is 1. The van der Waals surface area contributed by atoms with Crippen LogP contribution >= 0.6 is 11.3 Å². The van der Waals surface area contributed by atoms with Crippen molar-refractivity contribution >= 4 is 38.3 Å². The fourth-order valence-electron chi connectivity index (χ4n) is 3.87. The van der Waals surface area contributed by atoms with Gasteiger partial charge in [-0.25, -0.2) is 4.98 Å². The number of aromatic nitrogens is 1. The summed E-state index contributed by atoms with van der Waals surface area (Å²) in [5.74, 6) is 0.804. The molecule has 5 rings (SSSR count). The van der Waals surface area contributed by atoms with E-state index in [1.165, 1.54) is 22.5 Å². The van der Waals surface area contributed by atoms with Crippen LogP contribution in [-0.4, -0.2) is 23.5 Å². The van der Waals surface area contributed by atoms with Crippen molar-refractivity contribution in [2.45, 2.75) is 25.9 Å². The number of anilines is 2. The average molecular weight is 430 g/mol. The molecule has 3 aromatic carbocycles. The van der Waals surface area contributed by atoms with Crippen LogP contribution in [0, 0.1) is 6.92 Å². The molecule has 1 atom stereocenters. The lowest BCUT2D eigenvalue weighted by Crippen LogP contribution is -2.44. The lowest BCUT2D eigenvalue weighted by molar-refractivity contribution is -0.116. The Morgan fingerprint density at radius 3 is 2.71 bits per heavy atom. The van der Waals surface area contributed by atoms with Crippen LogP contribution in [0.15, 0.2) is 72.8 Å². The molecule has 31 heavy (non-hydrogen) atoms. The number of amides is 1. The highest BCUT2D eigenvalue weighted by Gasteiger charge is 2.29. The number of hydrogen-bond donors (Lipinski definition) is 1. The Labute approximate surface area is 185 Å². The second kappa shape index (κ2) is 8.40. The normalized spacial score (nSPS) is 15.4. The van der Waals surface area contributed by atoms with E-state index in [1.807, 2.05) is 42.5 Å². The summed E-state index contributed by atoms with van der Waals surface area (Å²) >= 11 is 1.49. The fraction of sp³-hybridized carbons (Fsp3) is 0.200. The lowest BCUT2D eigenvalue weighted by Gasteiger charge is -2.38. The number of hydrogen-bond acceptors (Lipinski definition) is 5. The highest BCUT2D eigenvalue weighted by molar-refractivity contribution is 7.22. The first-order valence-electron chi connectivity index (χ1n) is 10.4. The van der Waals surface area contributed by atoms with E-state index >= 15 is 0 Å². The van der Waals surface area contributed by atoms with Gasteiger partial charge in [0.05, 0.1) is 28.4 Å². The second-order valence-electron chi connectivity index (χ2n) is 7.79. The van der Waals surface area contributed by atoms with Crippen LogP contribution < -0.4 is 15.0 Å². The Bertz CT molecular complexity index is 1190. The second-order valence-corrected chi connectivity index (χ2v) is 8.82. The number of para-hydroxylation sites is 3. The minimum absolute atomic E-state index is 0.0547. The Morgan fingerprint density at radius 2 is 1.87 bits per heavy atom. The number of nitrogens with zero attached hydrogens (tertiary/aromatic N) is 2. The van der Waals surface area contributed by atoms with E-state index < -0.39 is 0 Å². The van der Waals surface area contributed by atoms with Gasteiger partial charge in [-0.15, -0.1) is 0 Å². The maximum Gasteiger partial charge on any atom is 0.228 e. The number of thiazole rings is 1. The van der Waals surface area contributed by atoms with Crippen molar-refractivity contribution in [3.63, 3.8) is 0 Å². The van der Waals surface area contributed by atoms with Crippen LogP contribution in [0.1, 0.15) is 17.5 Å². The first-order chi connectivity index (χ1) is 15.2. The number of carbonyl (C=O) groups excluding carboxylic acids is 1. The largest absolute Gasteiger partial charge is 0.489 e. The topological polar surface area (TPSA) is 54.5 Å². The Morgan fingerprint density at radius 1 is 1.10 bits per heavy atom. The molecule has 1 N–H and O–H groups in total. The van der Waals surface area contributed by atoms with Crippen molar-refractivity contribution in [3.8, 4) is 5.75 Å². The van der Waals surface area contributed by atoms with Crippen LogP contribution in [0.4, 0.5) is 10.8 Å². The number of rotatable bonds is 5. The van der Waals surface area contributed by atoms with Gasteiger partial charge in [-0.3, -0.25) is 4.79 Å². The molecule has 0 spiro atoms. The zero-order valence-electron chi connectivity index (χ0n) is 17.2. The van der Waals surface area contributed by atoms with Gasteiger partial charge in [-0.05, 0) is 36.8 Å². The molecule has 5 nitrogen and oxygen atoms in total. The van der Waals surface area contributed by atoms with Crippen molar-refractivity contribution in [3.05, 3.63) is 83.9 Å². The van der Waals surface area contributed by atoms with E-state index in [-0.39, 0.29) is 11.9 Å². The first kappa shape index (κ1) is 19.6. The molecule has 1 aliphatic rings. The summed E-state index contributed by atoms with van der Waals surface area (Å²) in [5.41, 5.74) is 4.36. The predicted molar refractivity (Wildman–Crippen MR) is 126 cm³/mol. The van der Waals surface area contributed by atoms with Crippen LogP contribution in [0.2, 0.25) is 0 Å². The number of benzene rings is 3. The number of aryl methyl sites for hydroxylation is 1. The summed E-state index contributed by atoms with van der Waals surface area (Å²) in [6.07, 6.45) is 0.329. The Hall–Kier alpha value is -3.38. The van der Waals surface area contributed by atoms with Gasteiger partial charge in [0.15, 0.2) is 5.13 Å². The molecule has 0 radical (unpaired) electrons. The molecule has 6 heteroatoms. The van der Waals surface area contributed by atoms with E-state index in [0.717, 1.165) is 28.2 Å². The molecule has 1 aromatic heterocycles. The molecule has 1 unspecified atom stereocenters. The zero-order valence-corrected chi connectivity index (χ0v) is 18.1. The van der Waals surface area contributed by atoms with Crippen molar-refractivity contribution in [1.29, 1.82) is 0 Å². The number of fused-ring (bicyclic) bond motifs is 2. The highest BCUT2D eigenvalue weighted by atomic mass is 32.1. The standard InChI is InChI=1S/C25H23N3O2S/c1-17-10-12-18(13-11-17)15-28-19(16-30-22-8-4-3-7-21(22)28)14-24(29)27-25-26-20-6-2-5-9-23(20)31-25/h2-13,19H,14-16H2,1H3,(H,26,27,29). The fourth-order valence-corrected chi connectivity index (χ4v) is 4.75. The number of carbonyl (C=O) groups is 1. The maximum atomic E-state index is 12.9. The molecule has 0 saturated carbocycles. The highest BCUT2D eigenvalue weighted by Crippen LogP contribution is 2.36. The average Bonchev–Trinajstić information content (AvgIpc) is 3.19. The van der Waals surface area contributed by atoms with E-state index in [1.54, 1.807) is 0 Å². The van der Waals surface area contributed by atoms with E-state index in [4.69, 9.17) is 4.74 Å². The smallest absolute Gasteiger partial charge is 0.228 e. The van der Waals surface area contributed by atoms with Crippen LogP contribution in [0.5, 0.6) is 5.75 Å². The van der Waals surface area contributed by atoms with Gasteiger partial charge in [0, 0.05) is 6.54 Å². The number of ether oxygens (including phenoxy) is 1. The maximum absolute atomic E-state index is 12.9. The molecule has 4 aromatic rings. The van der Waals surface area contributed by atoms with Crippen molar-refractivity contribution < 1.29 is 9.53 Å². The molecule has 0 saturated heterocycles. The van der Waals surface area contributed by atoms with Gasteiger partial charge >= 0.3 is 0 Å². The van der Waals surface area contributed by atoms with E-state index in [9.17, 15) is 4.79 Å². The van der Waals surface area contributed by atoms with Crippen LogP contribution in [-0.2, 0) is 11.3 Å². The summed E-state index contributed by atoms with van der Waals surface area (Å²) in [6, 6.07) is 24.4. The van der Waals surface area contributed by atoms with E-state index in [0.29, 0.717) is 18.2 Å². The summed E-state index contributed by atoms with van der Waals surface area (Å²) in [4.78, 5) is 19.7. The summed E-state index contributed by atoms with van der Waals surface area (Å²) in [7, 11) is 0. The van der Waals surface area contributed by atoms with Gasteiger partial charge in [0.1, 0.15) is 12.4 Å². The molecule has 1 aliphatic heterocycles. The van der Waals surface area contributed by atoms with Gasteiger partial charge in [-0.2, -0.15) is 0 Å². The SMILES string of the molecule is Cc1ccc(CN2c3ccccc3OCC2CC(=O)Nc2nc3ccccc3s2)cc1. The molecule has 0 bridgehead atoms. The Balaban J connectivity index is 1.35. The molecule has 0 aliphatic carbocycles. The predicted octanol–water partition coefficient (Wildman–Crippen LogP) is 5.40. The minimum Gasteiger partial charge on any atom is -0.489 e. The van der Waals surface area contributed by atoms with Gasteiger partial charge in [0.25, 0.3) is 0 Å². The molecule has 156 valence electrons. The molecule has 1 amide bonds. The summed E-state index contributed by atoms with van der Waals surface area (Å²) in [5, 5.41) is 3.61. The minimum atomic E-state index is -0.0643. The van der Waals surface area contributed by atoms with E-state index in [2.05, 4.69) is 52.5 Å². The zero-order chi connectivity index (χ0) is 21.2. The molecular weight excluding hydrogens is 406 g/mol. The van der Waals surface area contributed by atoms with Gasteiger partial charge in [0.2, 0.25) is 5.91 Å². The third-order valence-electron chi connectivity index (χ3n) is 5.48. The molecule has 2 heterocycles. The van der Waals surface area contributed by atoms with Crippen molar-refractivity contribution in [1.82, 2.24) is 4.98 Å². The summed E-state index contributed by atoms with van der Waals surface area (Å²) in [6.45, 7) is 3.28. The monoisotopic (exact) mass is 429 g/mol. The third-order valence-corrected chi connectivity index (χ3v) is 6.43. The van der Waals surface area contributed by atoms with Gasteiger partial charge in [-0.1, -0.05) is 65.4 Å². The lowest BCUT2D eigenvalue weighted by atomic mass is 10.1. The van der Waals surface area contributed by atoms with Gasteiger partial charge < -0.3 is 15.0 Å². The van der Waals surface area contributed by atoms with Crippen molar-refractivity contribution in [2.24, 2.45) is 0 Å². The quantitative estimate of drug-likeness (QED) is 0.461. The summed E-state index contributed by atoms with van der Waals surface area (Å²) < 4.78 is 7.05. The Kier molecular flexibility index (Phi) is 5.30. The third kappa shape index (κ3) is 4.25. The first-order valence-corrected chi connectivity index (χ1v) is 11.2. The molecular formula is C25H23N3O2S. The van der Waals surface area contributed by atoms with Crippen LogP contribution in [0.25, 0.3) is 10.2 Å². The van der Waals surface area contributed by atoms with Crippen LogP contribution in [0.3, 0.4) is 0 Å².